The van der Waals surface area contributed by atoms with E-state index in [9.17, 15) is 10.2 Å². The minimum atomic E-state index is -0.912. The quantitative estimate of drug-likeness (QED) is 0.405. The summed E-state index contributed by atoms with van der Waals surface area (Å²) in [5.41, 5.74) is 0. The first-order valence-electron chi connectivity index (χ1n) is 4.52. The predicted molar refractivity (Wildman–Crippen MR) is 46.2 cm³/mol. The molecule has 78 valence electrons. The van der Waals surface area contributed by atoms with Crippen LogP contribution in [0.25, 0.3) is 0 Å². The second-order valence-corrected chi connectivity index (χ2v) is 3.36. The summed E-state index contributed by atoms with van der Waals surface area (Å²) >= 11 is 0. The maximum absolute atomic E-state index is 9.50. The monoisotopic (exact) mass is 191 g/mol. The number of hydrogen-bond donors (Lipinski definition) is 4. The summed E-state index contributed by atoms with van der Waals surface area (Å²) in [4.78, 5) is 1.79. The van der Waals surface area contributed by atoms with Gasteiger partial charge in [-0.3, -0.25) is 4.90 Å². The molecule has 0 aliphatic carbocycles. The Morgan fingerprint density at radius 2 is 1.92 bits per heavy atom. The highest BCUT2D eigenvalue weighted by atomic mass is 16.3. The van der Waals surface area contributed by atoms with Gasteiger partial charge in [0.2, 0.25) is 0 Å². The first kappa shape index (κ1) is 10.9. The Kier molecular flexibility index (Phi) is 4.08. The molecule has 1 aliphatic heterocycles. The molecule has 0 amide bonds. The van der Waals surface area contributed by atoms with Gasteiger partial charge in [-0.15, -0.1) is 0 Å². The van der Waals surface area contributed by atoms with E-state index >= 15 is 0 Å². The molecule has 0 spiro atoms. The van der Waals surface area contributed by atoms with Crippen LogP contribution in [0.4, 0.5) is 0 Å². The Morgan fingerprint density at radius 3 is 2.46 bits per heavy atom. The zero-order valence-electron chi connectivity index (χ0n) is 7.50. The van der Waals surface area contributed by atoms with Crippen LogP contribution in [0.1, 0.15) is 6.42 Å². The summed E-state index contributed by atoms with van der Waals surface area (Å²) in [6.45, 7) is 0.830. The number of likely N-dealkylation sites (tertiary alicyclic amines) is 1. The molecule has 0 radical (unpaired) electrons. The molecular weight excluding hydrogens is 174 g/mol. The molecule has 5 heteroatoms. The summed E-state index contributed by atoms with van der Waals surface area (Å²) in [5, 5.41) is 36.5. The Labute approximate surface area is 77.2 Å². The Balaban J connectivity index is 2.55. The standard InChI is InChI=1S/C8H17NO4/c10-4-3-9-2-1-7(12)8(13)6(9)5-11/h6-8,10-13H,1-5H2/t6-,7-,8-/m1/s1. The summed E-state index contributed by atoms with van der Waals surface area (Å²) in [7, 11) is 0. The van der Waals surface area contributed by atoms with Crippen molar-refractivity contribution in [2.24, 2.45) is 0 Å². The predicted octanol–water partition coefficient (Wildman–Crippen LogP) is -2.23. The van der Waals surface area contributed by atoms with E-state index in [2.05, 4.69) is 0 Å². The van der Waals surface area contributed by atoms with Crippen molar-refractivity contribution in [2.75, 3.05) is 26.3 Å². The van der Waals surface area contributed by atoms with Crippen LogP contribution in [-0.4, -0.2) is 69.9 Å². The van der Waals surface area contributed by atoms with Gasteiger partial charge in [0.25, 0.3) is 0 Å². The van der Waals surface area contributed by atoms with Crippen molar-refractivity contribution in [3.05, 3.63) is 0 Å². The molecule has 0 unspecified atom stereocenters. The molecule has 5 nitrogen and oxygen atoms in total. The van der Waals surface area contributed by atoms with Gasteiger partial charge in [0.05, 0.1) is 31.5 Å². The van der Waals surface area contributed by atoms with Gasteiger partial charge < -0.3 is 20.4 Å². The van der Waals surface area contributed by atoms with Gasteiger partial charge >= 0.3 is 0 Å². The van der Waals surface area contributed by atoms with Gasteiger partial charge in [0.15, 0.2) is 0 Å². The van der Waals surface area contributed by atoms with Crippen LogP contribution in [0.3, 0.4) is 0 Å². The average Bonchev–Trinajstić information content (AvgIpc) is 2.12. The lowest BCUT2D eigenvalue weighted by Crippen LogP contribution is -2.56. The maximum atomic E-state index is 9.50. The SMILES string of the molecule is OCCN1CC[C@@H](O)[C@H](O)[C@H]1CO. The normalized spacial score (nSPS) is 36.5. The smallest absolute Gasteiger partial charge is 0.0976 e. The van der Waals surface area contributed by atoms with Crippen LogP contribution in [0.15, 0.2) is 0 Å². The van der Waals surface area contributed by atoms with Crippen LogP contribution >= 0.6 is 0 Å². The highest BCUT2D eigenvalue weighted by Crippen LogP contribution is 2.17. The molecule has 0 saturated carbocycles. The van der Waals surface area contributed by atoms with Crippen LogP contribution in [-0.2, 0) is 0 Å². The Morgan fingerprint density at radius 1 is 1.23 bits per heavy atom. The number of β-amino-alcohol motifs (C(OH)–C–C–N with tert-alkyl or cyclic N) is 1. The zero-order valence-corrected chi connectivity index (χ0v) is 7.50. The van der Waals surface area contributed by atoms with Crippen LogP contribution in [0, 0.1) is 0 Å². The number of nitrogens with zero attached hydrogens (tertiary/aromatic N) is 1. The third-order valence-electron chi connectivity index (χ3n) is 2.54. The highest BCUT2D eigenvalue weighted by Gasteiger charge is 2.34. The molecule has 1 fully saturated rings. The van der Waals surface area contributed by atoms with Gasteiger partial charge in [-0.05, 0) is 6.42 Å². The molecule has 13 heavy (non-hydrogen) atoms. The zero-order chi connectivity index (χ0) is 9.84. The molecule has 1 heterocycles. The molecule has 0 bridgehead atoms. The Hall–Kier alpha value is -0.200. The minimum Gasteiger partial charge on any atom is -0.395 e. The number of aliphatic hydroxyl groups is 4. The van der Waals surface area contributed by atoms with Crippen molar-refractivity contribution in [3.8, 4) is 0 Å². The summed E-state index contributed by atoms with van der Waals surface area (Å²) in [5.74, 6) is 0. The van der Waals surface area contributed by atoms with E-state index in [-0.39, 0.29) is 13.2 Å². The highest BCUT2D eigenvalue weighted by molar-refractivity contribution is 4.88. The topological polar surface area (TPSA) is 84.2 Å². The van der Waals surface area contributed by atoms with Crippen LogP contribution in [0.5, 0.6) is 0 Å². The van der Waals surface area contributed by atoms with Crippen molar-refractivity contribution in [1.82, 2.24) is 4.90 Å². The number of rotatable bonds is 3. The summed E-state index contributed by atoms with van der Waals surface area (Å²) in [6.07, 6.45) is -1.19. The van der Waals surface area contributed by atoms with Crippen molar-refractivity contribution < 1.29 is 20.4 Å². The van der Waals surface area contributed by atoms with E-state index < -0.39 is 18.2 Å². The van der Waals surface area contributed by atoms with Gasteiger partial charge in [0.1, 0.15) is 0 Å². The van der Waals surface area contributed by atoms with Crippen molar-refractivity contribution in [3.63, 3.8) is 0 Å². The van der Waals surface area contributed by atoms with E-state index in [0.717, 1.165) is 0 Å². The Bertz CT molecular complexity index is 155. The fraction of sp³-hybridized carbons (Fsp3) is 1.00. The number of aliphatic hydroxyl groups excluding tert-OH is 4. The lowest BCUT2D eigenvalue weighted by atomic mass is 9.96. The van der Waals surface area contributed by atoms with Gasteiger partial charge in [0, 0.05) is 13.1 Å². The molecule has 0 aromatic carbocycles. The fourth-order valence-electron chi connectivity index (χ4n) is 1.74. The van der Waals surface area contributed by atoms with E-state index in [1.54, 1.807) is 4.90 Å². The van der Waals surface area contributed by atoms with E-state index in [1.807, 2.05) is 0 Å². The third-order valence-corrected chi connectivity index (χ3v) is 2.54. The minimum absolute atomic E-state index is 0.000679. The van der Waals surface area contributed by atoms with Crippen LogP contribution < -0.4 is 0 Å². The molecule has 1 rings (SSSR count). The van der Waals surface area contributed by atoms with E-state index in [0.29, 0.717) is 19.5 Å². The number of hydrogen-bond acceptors (Lipinski definition) is 5. The fourth-order valence-corrected chi connectivity index (χ4v) is 1.74. The molecule has 0 aromatic rings. The van der Waals surface area contributed by atoms with Crippen molar-refractivity contribution >= 4 is 0 Å². The molecule has 1 aliphatic rings. The van der Waals surface area contributed by atoms with E-state index in [4.69, 9.17) is 10.2 Å². The largest absolute Gasteiger partial charge is 0.395 e. The molecule has 4 N–H and O–H groups in total. The lowest BCUT2D eigenvalue weighted by molar-refractivity contribution is -0.0918. The average molecular weight is 191 g/mol. The third kappa shape index (κ3) is 2.38. The second kappa shape index (κ2) is 4.88. The second-order valence-electron chi connectivity index (χ2n) is 3.36. The van der Waals surface area contributed by atoms with Gasteiger partial charge in [-0.25, -0.2) is 0 Å². The maximum Gasteiger partial charge on any atom is 0.0976 e. The van der Waals surface area contributed by atoms with Gasteiger partial charge in [-0.1, -0.05) is 0 Å². The van der Waals surface area contributed by atoms with Crippen molar-refractivity contribution in [2.45, 2.75) is 24.7 Å². The molecule has 0 aromatic heterocycles. The van der Waals surface area contributed by atoms with Gasteiger partial charge in [-0.2, -0.15) is 0 Å². The van der Waals surface area contributed by atoms with E-state index in [1.165, 1.54) is 0 Å². The lowest BCUT2D eigenvalue weighted by Gasteiger charge is -2.40. The van der Waals surface area contributed by atoms with Crippen molar-refractivity contribution in [1.29, 1.82) is 0 Å². The summed E-state index contributed by atoms with van der Waals surface area (Å²) < 4.78 is 0. The first-order valence-corrected chi connectivity index (χ1v) is 4.52. The molecular formula is C8H17NO4. The van der Waals surface area contributed by atoms with Crippen LogP contribution in [0.2, 0.25) is 0 Å². The number of piperidine rings is 1. The first-order chi connectivity index (χ1) is 6.20. The molecule has 1 saturated heterocycles. The summed E-state index contributed by atoms with van der Waals surface area (Å²) in [6, 6.07) is -0.448. The molecule has 3 atom stereocenters.